The Morgan fingerprint density at radius 1 is 1.56 bits per heavy atom. The van der Waals surface area contributed by atoms with E-state index in [4.69, 9.17) is 16.0 Å². The van der Waals surface area contributed by atoms with Crippen molar-refractivity contribution >= 4 is 17.3 Å². The normalized spacial score (nSPS) is 11.8. The Balaban J connectivity index is 2.17. The number of hydrogen-bond acceptors (Lipinski definition) is 4. The first-order chi connectivity index (χ1) is 8.56. The van der Waals surface area contributed by atoms with Gasteiger partial charge in [0, 0.05) is 5.02 Å². The van der Waals surface area contributed by atoms with Crippen molar-refractivity contribution in [3.05, 3.63) is 50.8 Å². The number of nitrogens with zero attached hydrogens (tertiary/aromatic N) is 2. The third kappa shape index (κ3) is 2.87. The second-order valence-corrected chi connectivity index (χ2v) is 4.33. The summed E-state index contributed by atoms with van der Waals surface area (Å²) in [6.07, 6.45) is 0. The molecule has 0 amide bonds. The molecule has 18 heavy (non-hydrogen) atoms. The molecule has 0 saturated carbocycles. The summed E-state index contributed by atoms with van der Waals surface area (Å²) in [5, 5.41) is 6.61. The fraction of sp³-hybridized carbons (Fsp3) is 0.250. The minimum absolute atomic E-state index is 0.214. The molecule has 1 aromatic heterocycles. The summed E-state index contributed by atoms with van der Waals surface area (Å²) in [6.45, 7) is 4.20. The van der Waals surface area contributed by atoms with E-state index in [1.807, 2.05) is 25.1 Å². The molecule has 0 spiro atoms. The van der Waals surface area contributed by atoms with Crippen molar-refractivity contribution in [1.82, 2.24) is 10.2 Å². The van der Waals surface area contributed by atoms with Gasteiger partial charge in [-0.1, -0.05) is 17.7 Å². The Hall–Kier alpha value is -1.88. The first kappa shape index (κ1) is 12.6. The molecule has 0 unspecified atom stereocenters. The summed E-state index contributed by atoms with van der Waals surface area (Å²) in [5.41, 5.74) is 2.71. The molecular formula is C12H12ClN3O2. The summed E-state index contributed by atoms with van der Waals surface area (Å²) < 4.78 is 4.81. The number of H-pyrrole nitrogens is 1. The van der Waals surface area contributed by atoms with Crippen LogP contribution in [0.15, 0.2) is 32.4 Å². The van der Waals surface area contributed by atoms with Gasteiger partial charge in [0.2, 0.25) is 0 Å². The number of nitrogens with one attached hydrogen (secondary N) is 1. The van der Waals surface area contributed by atoms with Gasteiger partial charge >= 0.3 is 5.76 Å². The minimum Gasteiger partial charge on any atom is -0.386 e. The van der Waals surface area contributed by atoms with Crippen LogP contribution in [0.1, 0.15) is 23.9 Å². The van der Waals surface area contributed by atoms with Crippen molar-refractivity contribution in [3.8, 4) is 0 Å². The van der Waals surface area contributed by atoms with Gasteiger partial charge in [0.1, 0.15) is 0 Å². The zero-order valence-electron chi connectivity index (χ0n) is 10.0. The average molecular weight is 266 g/mol. The lowest BCUT2D eigenvalue weighted by molar-refractivity contribution is 0.503. The second-order valence-electron chi connectivity index (χ2n) is 3.89. The highest BCUT2D eigenvalue weighted by atomic mass is 35.5. The van der Waals surface area contributed by atoms with E-state index >= 15 is 0 Å². The van der Waals surface area contributed by atoms with E-state index in [9.17, 15) is 4.79 Å². The van der Waals surface area contributed by atoms with Gasteiger partial charge in [-0.25, -0.2) is 9.89 Å². The fourth-order valence-electron chi connectivity index (χ4n) is 1.49. The zero-order valence-corrected chi connectivity index (χ0v) is 10.8. The highest BCUT2D eigenvalue weighted by molar-refractivity contribution is 6.30. The Morgan fingerprint density at radius 2 is 2.33 bits per heavy atom. The number of rotatable bonds is 3. The molecule has 0 radical (unpaired) electrons. The van der Waals surface area contributed by atoms with Crippen LogP contribution in [0.2, 0.25) is 5.02 Å². The number of aromatic amines is 1. The van der Waals surface area contributed by atoms with E-state index in [-0.39, 0.29) is 5.89 Å². The number of aryl methyl sites for hydroxylation is 1. The second kappa shape index (κ2) is 5.18. The van der Waals surface area contributed by atoms with Gasteiger partial charge in [0.25, 0.3) is 5.89 Å². The first-order valence-corrected chi connectivity index (χ1v) is 5.76. The Bertz CT molecular complexity index is 643. The molecule has 1 N–H and O–H groups in total. The molecule has 6 heteroatoms. The summed E-state index contributed by atoms with van der Waals surface area (Å²) in [4.78, 5) is 15.1. The monoisotopic (exact) mass is 265 g/mol. The third-order valence-electron chi connectivity index (χ3n) is 2.54. The Morgan fingerprint density at radius 3 is 2.94 bits per heavy atom. The summed E-state index contributed by atoms with van der Waals surface area (Å²) in [7, 11) is 0. The lowest BCUT2D eigenvalue weighted by Gasteiger charge is -2.03. The molecular weight excluding hydrogens is 254 g/mol. The maximum atomic E-state index is 10.8. The fourth-order valence-corrected chi connectivity index (χ4v) is 1.72. The molecule has 0 aliphatic rings. The summed E-state index contributed by atoms with van der Waals surface area (Å²) >= 11 is 5.88. The van der Waals surface area contributed by atoms with Gasteiger partial charge in [0.05, 0.1) is 12.3 Å². The van der Waals surface area contributed by atoms with Crippen molar-refractivity contribution in [2.45, 2.75) is 20.4 Å². The highest BCUT2D eigenvalue weighted by Gasteiger charge is 2.05. The predicted molar refractivity (Wildman–Crippen MR) is 69.2 cm³/mol. The molecule has 1 aromatic carbocycles. The predicted octanol–water partition coefficient (Wildman–Crippen LogP) is 2.33. The van der Waals surface area contributed by atoms with Crippen LogP contribution in [-0.4, -0.2) is 15.9 Å². The first-order valence-electron chi connectivity index (χ1n) is 5.38. The third-order valence-corrected chi connectivity index (χ3v) is 2.77. The highest BCUT2D eigenvalue weighted by Crippen LogP contribution is 2.16. The van der Waals surface area contributed by atoms with Gasteiger partial charge in [-0.2, -0.15) is 0 Å². The van der Waals surface area contributed by atoms with Crippen LogP contribution in [0.25, 0.3) is 0 Å². The van der Waals surface area contributed by atoms with Crippen molar-refractivity contribution in [2.24, 2.45) is 4.99 Å². The molecule has 5 nitrogen and oxygen atoms in total. The molecule has 1 heterocycles. The van der Waals surface area contributed by atoms with Gasteiger partial charge in [-0.3, -0.25) is 4.99 Å². The van der Waals surface area contributed by atoms with E-state index < -0.39 is 5.76 Å². The van der Waals surface area contributed by atoms with Crippen LogP contribution >= 0.6 is 11.6 Å². The van der Waals surface area contributed by atoms with Crippen LogP contribution in [0, 0.1) is 6.92 Å². The number of benzene rings is 1. The van der Waals surface area contributed by atoms with Crippen molar-refractivity contribution < 1.29 is 4.42 Å². The Labute approximate surface area is 109 Å². The van der Waals surface area contributed by atoms with Crippen molar-refractivity contribution in [3.63, 3.8) is 0 Å². The maximum Gasteiger partial charge on any atom is 0.434 e. The molecule has 0 aliphatic heterocycles. The van der Waals surface area contributed by atoms with Gasteiger partial charge in [-0.15, -0.1) is 5.10 Å². The molecule has 2 aromatic rings. The standard InChI is InChI=1S/C12H12ClN3O2/c1-7-5-10(13)4-3-9(7)6-14-8(2)11-15-16-12(17)18-11/h3-5H,6H2,1-2H3,(H,16,17). The molecule has 0 atom stereocenters. The quantitative estimate of drug-likeness (QED) is 0.866. The number of hydrogen-bond donors (Lipinski definition) is 1. The molecule has 0 aliphatic carbocycles. The zero-order chi connectivity index (χ0) is 13.1. The molecule has 94 valence electrons. The van der Waals surface area contributed by atoms with Gasteiger partial charge < -0.3 is 4.42 Å². The summed E-state index contributed by atoms with van der Waals surface area (Å²) in [6, 6.07) is 5.63. The van der Waals surface area contributed by atoms with E-state index in [2.05, 4.69) is 15.2 Å². The SMILES string of the molecule is CC(=NCc1ccc(Cl)cc1C)c1n[nH]c(=O)o1. The lowest BCUT2D eigenvalue weighted by atomic mass is 10.1. The average Bonchev–Trinajstić information content (AvgIpc) is 2.74. The van der Waals surface area contributed by atoms with Crippen LogP contribution in [0.3, 0.4) is 0 Å². The molecule has 0 fully saturated rings. The van der Waals surface area contributed by atoms with Crippen LogP contribution in [0.4, 0.5) is 0 Å². The van der Waals surface area contributed by atoms with Crippen LogP contribution in [0.5, 0.6) is 0 Å². The van der Waals surface area contributed by atoms with E-state index in [1.165, 1.54) is 0 Å². The lowest BCUT2D eigenvalue weighted by Crippen LogP contribution is -1.97. The topological polar surface area (TPSA) is 71.2 Å². The van der Waals surface area contributed by atoms with Gasteiger partial charge in [-0.05, 0) is 37.1 Å². The van der Waals surface area contributed by atoms with Crippen LogP contribution in [-0.2, 0) is 6.54 Å². The number of aromatic nitrogens is 2. The van der Waals surface area contributed by atoms with Crippen LogP contribution < -0.4 is 5.76 Å². The number of aliphatic imine (C=N–C) groups is 1. The van der Waals surface area contributed by atoms with E-state index in [0.717, 1.165) is 11.1 Å². The Kier molecular flexibility index (Phi) is 3.62. The largest absolute Gasteiger partial charge is 0.434 e. The van der Waals surface area contributed by atoms with Crippen molar-refractivity contribution in [1.29, 1.82) is 0 Å². The summed E-state index contributed by atoms with van der Waals surface area (Å²) in [5.74, 6) is -0.367. The maximum absolute atomic E-state index is 10.8. The number of halogens is 1. The molecule has 0 bridgehead atoms. The smallest absolute Gasteiger partial charge is 0.386 e. The van der Waals surface area contributed by atoms with E-state index in [1.54, 1.807) is 6.92 Å². The van der Waals surface area contributed by atoms with Crippen molar-refractivity contribution in [2.75, 3.05) is 0 Å². The van der Waals surface area contributed by atoms with Gasteiger partial charge in [0.15, 0.2) is 0 Å². The van der Waals surface area contributed by atoms with E-state index in [0.29, 0.717) is 17.3 Å². The molecule has 2 rings (SSSR count). The molecule has 0 saturated heterocycles. The minimum atomic E-state index is -0.581.